The number of ether oxygens (including phenoxy) is 1. The second-order valence-electron chi connectivity index (χ2n) is 7.68. The lowest BCUT2D eigenvalue weighted by Crippen LogP contribution is -1.97. The molecule has 1 aromatic heterocycles. The first kappa shape index (κ1) is 21.0. The number of rotatable bonds is 8. The van der Waals surface area contributed by atoms with Gasteiger partial charge in [-0.15, -0.1) is 0 Å². The number of fused-ring (bicyclic) bond motifs is 1. The van der Waals surface area contributed by atoms with Gasteiger partial charge in [0.2, 0.25) is 0 Å². The second-order valence-corrected chi connectivity index (χ2v) is 7.68. The molecule has 0 aliphatic carbocycles. The minimum atomic E-state index is -0.260. The molecule has 1 heterocycles. The summed E-state index contributed by atoms with van der Waals surface area (Å²) in [5.41, 5.74) is 3.41. The number of aryl methyl sites for hydroxylation is 2. The molecule has 0 bridgehead atoms. The second kappa shape index (κ2) is 9.69. The summed E-state index contributed by atoms with van der Waals surface area (Å²) in [7, 11) is 0. The van der Waals surface area contributed by atoms with E-state index in [1.54, 1.807) is 18.3 Å². The van der Waals surface area contributed by atoms with Crippen molar-refractivity contribution in [3.63, 3.8) is 0 Å². The number of hydrogen-bond acceptors (Lipinski definition) is 2. The molecule has 0 aliphatic heterocycles. The van der Waals surface area contributed by atoms with Gasteiger partial charge in [-0.25, -0.2) is 8.78 Å². The zero-order valence-corrected chi connectivity index (χ0v) is 17.6. The Hall–Kier alpha value is -3.27. The van der Waals surface area contributed by atoms with E-state index >= 15 is 4.39 Å². The molecule has 4 aromatic rings. The number of nitrogens with zero attached hydrogens (tertiary/aromatic N) is 1. The van der Waals surface area contributed by atoms with Gasteiger partial charge in [-0.2, -0.15) is 0 Å². The molecule has 0 unspecified atom stereocenters. The van der Waals surface area contributed by atoms with Gasteiger partial charge in [-0.1, -0.05) is 49.7 Å². The van der Waals surface area contributed by atoms with E-state index in [0.717, 1.165) is 40.8 Å². The van der Waals surface area contributed by atoms with Crippen LogP contribution in [0.15, 0.2) is 72.9 Å². The van der Waals surface area contributed by atoms with Crippen molar-refractivity contribution in [2.45, 2.75) is 32.6 Å². The van der Waals surface area contributed by atoms with E-state index < -0.39 is 0 Å². The lowest BCUT2D eigenvalue weighted by Gasteiger charge is -2.09. The van der Waals surface area contributed by atoms with E-state index in [-0.39, 0.29) is 11.6 Å². The van der Waals surface area contributed by atoms with Gasteiger partial charge in [0.1, 0.15) is 17.4 Å². The van der Waals surface area contributed by atoms with Crippen LogP contribution in [0.1, 0.15) is 30.9 Å². The Bertz CT molecular complexity index is 1150. The fourth-order valence-corrected chi connectivity index (χ4v) is 3.59. The van der Waals surface area contributed by atoms with Crippen LogP contribution in [0.4, 0.5) is 8.78 Å². The highest BCUT2D eigenvalue weighted by molar-refractivity contribution is 5.88. The number of unbranched alkanes of at least 4 members (excludes halogenated alkanes) is 1. The molecule has 0 aliphatic rings. The van der Waals surface area contributed by atoms with Crippen molar-refractivity contribution in [2.75, 3.05) is 6.61 Å². The summed E-state index contributed by atoms with van der Waals surface area (Å²) in [5, 5.41) is 1.44. The Morgan fingerprint density at radius 2 is 1.71 bits per heavy atom. The van der Waals surface area contributed by atoms with Crippen LogP contribution in [-0.2, 0) is 12.8 Å². The highest BCUT2D eigenvalue weighted by Gasteiger charge is 2.10. The van der Waals surface area contributed by atoms with Gasteiger partial charge in [0.15, 0.2) is 0 Å². The van der Waals surface area contributed by atoms with Crippen molar-refractivity contribution >= 4 is 10.8 Å². The molecule has 0 amide bonds. The van der Waals surface area contributed by atoms with Crippen molar-refractivity contribution in [2.24, 2.45) is 0 Å². The lowest BCUT2D eigenvalue weighted by atomic mass is 9.98. The van der Waals surface area contributed by atoms with Crippen LogP contribution in [0.5, 0.6) is 5.75 Å². The Morgan fingerprint density at radius 3 is 2.45 bits per heavy atom. The Morgan fingerprint density at radius 1 is 0.871 bits per heavy atom. The van der Waals surface area contributed by atoms with Crippen LogP contribution in [0.25, 0.3) is 22.0 Å². The SMILES string of the molecule is CCCCOc1ccc(-c2ccc3c(F)c(CCc4ccc(F)cc4)ccc3c2)nc1. The molecule has 4 rings (SSSR count). The first-order valence-corrected chi connectivity index (χ1v) is 10.7. The van der Waals surface area contributed by atoms with Gasteiger partial charge < -0.3 is 4.74 Å². The van der Waals surface area contributed by atoms with Crippen LogP contribution < -0.4 is 4.74 Å². The molecule has 2 nitrogen and oxygen atoms in total. The first-order chi connectivity index (χ1) is 15.1. The predicted molar refractivity (Wildman–Crippen MR) is 121 cm³/mol. The van der Waals surface area contributed by atoms with Crippen LogP contribution in [0.2, 0.25) is 0 Å². The molecular weight excluding hydrogens is 392 g/mol. The molecular formula is C27H25F2NO. The van der Waals surface area contributed by atoms with E-state index in [0.29, 0.717) is 30.4 Å². The molecule has 0 N–H and O–H groups in total. The quantitative estimate of drug-likeness (QED) is 0.284. The fraction of sp³-hybridized carbons (Fsp3) is 0.222. The fourth-order valence-electron chi connectivity index (χ4n) is 3.59. The summed E-state index contributed by atoms with van der Waals surface area (Å²) in [6.45, 7) is 2.82. The molecule has 0 radical (unpaired) electrons. The maximum Gasteiger partial charge on any atom is 0.137 e. The van der Waals surface area contributed by atoms with Gasteiger partial charge in [0.05, 0.1) is 18.5 Å². The van der Waals surface area contributed by atoms with Crippen molar-refractivity contribution in [3.05, 3.63) is 95.7 Å². The Labute approximate surface area is 181 Å². The monoisotopic (exact) mass is 417 g/mol. The largest absolute Gasteiger partial charge is 0.492 e. The number of pyridine rings is 1. The topological polar surface area (TPSA) is 22.1 Å². The molecule has 158 valence electrons. The predicted octanol–water partition coefficient (Wildman–Crippen LogP) is 7.14. The number of aromatic nitrogens is 1. The standard InChI is InChI=1S/C27H25F2NO/c1-2-3-16-31-24-13-15-26(30-18-24)22-10-14-25-21(17-22)9-8-20(27(25)29)7-4-19-5-11-23(28)12-6-19/h5-6,8-15,17-18H,2-4,7,16H2,1H3. The van der Waals surface area contributed by atoms with Crippen LogP contribution >= 0.6 is 0 Å². The Kier molecular flexibility index (Phi) is 6.56. The molecule has 4 heteroatoms. The van der Waals surface area contributed by atoms with Gasteiger partial charge in [-0.3, -0.25) is 4.98 Å². The smallest absolute Gasteiger partial charge is 0.137 e. The summed E-state index contributed by atoms with van der Waals surface area (Å²) < 4.78 is 33.8. The third-order valence-corrected chi connectivity index (χ3v) is 5.43. The molecule has 3 aromatic carbocycles. The van der Waals surface area contributed by atoms with Crippen molar-refractivity contribution in [1.82, 2.24) is 4.98 Å². The highest BCUT2D eigenvalue weighted by atomic mass is 19.1. The maximum atomic E-state index is 15.1. The molecule has 0 saturated heterocycles. The zero-order valence-electron chi connectivity index (χ0n) is 17.6. The lowest BCUT2D eigenvalue weighted by molar-refractivity contribution is 0.308. The van der Waals surface area contributed by atoms with E-state index in [1.165, 1.54) is 12.1 Å². The summed E-state index contributed by atoms with van der Waals surface area (Å²) in [5.74, 6) is 0.304. The average molecular weight is 417 g/mol. The molecule has 0 spiro atoms. The minimum absolute atomic E-state index is 0.196. The number of halogens is 2. The van der Waals surface area contributed by atoms with E-state index in [9.17, 15) is 4.39 Å². The van der Waals surface area contributed by atoms with E-state index in [1.807, 2.05) is 42.5 Å². The van der Waals surface area contributed by atoms with E-state index in [4.69, 9.17) is 4.74 Å². The van der Waals surface area contributed by atoms with Gasteiger partial charge in [0.25, 0.3) is 0 Å². The van der Waals surface area contributed by atoms with Gasteiger partial charge >= 0.3 is 0 Å². The van der Waals surface area contributed by atoms with E-state index in [2.05, 4.69) is 11.9 Å². The van der Waals surface area contributed by atoms with Gasteiger partial charge in [0, 0.05) is 10.9 Å². The number of hydrogen-bond donors (Lipinski definition) is 0. The summed E-state index contributed by atoms with van der Waals surface area (Å²) in [6, 6.07) is 19.7. The zero-order chi connectivity index (χ0) is 21.6. The van der Waals surface area contributed by atoms with Crippen molar-refractivity contribution in [3.8, 4) is 17.0 Å². The van der Waals surface area contributed by atoms with Gasteiger partial charge in [-0.05, 0) is 66.1 Å². The van der Waals surface area contributed by atoms with Crippen molar-refractivity contribution < 1.29 is 13.5 Å². The third-order valence-electron chi connectivity index (χ3n) is 5.43. The third kappa shape index (κ3) is 5.08. The molecule has 31 heavy (non-hydrogen) atoms. The molecule has 0 saturated carbocycles. The average Bonchev–Trinajstić information content (AvgIpc) is 2.80. The van der Waals surface area contributed by atoms with Crippen LogP contribution in [0.3, 0.4) is 0 Å². The molecule has 0 fully saturated rings. The summed E-state index contributed by atoms with van der Waals surface area (Å²) in [6.07, 6.45) is 5.07. The summed E-state index contributed by atoms with van der Waals surface area (Å²) in [4.78, 5) is 4.50. The number of benzene rings is 3. The first-order valence-electron chi connectivity index (χ1n) is 10.7. The van der Waals surface area contributed by atoms with Crippen LogP contribution in [0, 0.1) is 11.6 Å². The maximum absolute atomic E-state index is 15.1. The normalized spacial score (nSPS) is 11.1. The highest BCUT2D eigenvalue weighted by Crippen LogP contribution is 2.28. The molecule has 0 atom stereocenters. The Balaban J connectivity index is 1.50. The minimum Gasteiger partial charge on any atom is -0.492 e. The van der Waals surface area contributed by atoms with Crippen LogP contribution in [-0.4, -0.2) is 11.6 Å². The van der Waals surface area contributed by atoms with Crippen molar-refractivity contribution in [1.29, 1.82) is 0 Å². The summed E-state index contributed by atoms with van der Waals surface area (Å²) >= 11 is 0.